The van der Waals surface area contributed by atoms with Gasteiger partial charge in [-0.05, 0) is 30.9 Å². The number of nitrogens with one attached hydrogen (secondary N) is 1. The maximum atomic E-state index is 12.4. The van der Waals surface area contributed by atoms with Gasteiger partial charge in [0.05, 0.1) is 0 Å². The molecule has 0 radical (unpaired) electrons. The van der Waals surface area contributed by atoms with Crippen molar-refractivity contribution in [3.63, 3.8) is 0 Å². The molecule has 1 heterocycles. The second-order valence-corrected chi connectivity index (χ2v) is 5.08. The molecule has 0 unspecified atom stereocenters. The van der Waals surface area contributed by atoms with E-state index in [1.807, 2.05) is 11.8 Å². The monoisotopic (exact) mass is 293 g/mol. The Labute approximate surface area is 115 Å². The summed E-state index contributed by atoms with van der Waals surface area (Å²) < 4.78 is 37.2. The third kappa shape index (κ3) is 6.66. The molecule has 0 amide bonds. The lowest BCUT2D eigenvalue weighted by Crippen LogP contribution is -2.12. The van der Waals surface area contributed by atoms with E-state index in [1.165, 1.54) is 6.42 Å². The van der Waals surface area contributed by atoms with Crippen LogP contribution in [0.1, 0.15) is 31.4 Å². The maximum absolute atomic E-state index is 12.4. The average molecular weight is 293 g/mol. The molecule has 7 heteroatoms. The Kier molecular flexibility index (Phi) is 6.97. The number of hydrogen-bond donors (Lipinski definition) is 1. The Morgan fingerprint density at radius 2 is 1.95 bits per heavy atom. The summed E-state index contributed by atoms with van der Waals surface area (Å²) in [5.74, 6) is 1.20. The average Bonchev–Trinajstić information content (AvgIpc) is 2.37. The molecule has 0 aromatic carbocycles. The fourth-order valence-corrected chi connectivity index (χ4v) is 2.02. The van der Waals surface area contributed by atoms with Gasteiger partial charge in [-0.3, -0.25) is 0 Å². The van der Waals surface area contributed by atoms with Gasteiger partial charge in [0, 0.05) is 12.7 Å². The molecule has 19 heavy (non-hydrogen) atoms. The molecule has 1 aromatic heterocycles. The Morgan fingerprint density at radius 1 is 1.21 bits per heavy atom. The zero-order chi connectivity index (χ0) is 14.1. The van der Waals surface area contributed by atoms with Crippen molar-refractivity contribution in [1.82, 2.24) is 9.97 Å². The zero-order valence-corrected chi connectivity index (χ0v) is 11.7. The van der Waals surface area contributed by atoms with Crippen molar-refractivity contribution in [3.8, 4) is 0 Å². The zero-order valence-electron chi connectivity index (χ0n) is 10.8. The van der Waals surface area contributed by atoms with Gasteiger partial charge in [0.1, 0.15) is 5.69 Å². The first-order valence-electron chi connectivity index (χ1n) is 6.17. The summed E-state index contributed by atoms with van der Waals surface area (Å²) in [6.45, 7) is 0.598. The molecule has 0 saturated heterocycles. The van der Waals surface area contributed by atoms with Crippen molar-refractivity contribution < 1.29 is 13.2 Å². The van der Waals surface area contributed by atoms with Gasteiger partial charge in [-0.2, -0.15) is 24.9 Å². The minimum Gasteiger partial charge on any atom is -0.354 e. The highest BCUT2D eigenvalue weighted by Gasteiger charge is 2.32. The number of aromatic nitrogens is 2. The predicted octanol–water partition coefficient (Wildman–Crippen LogP) is 3.83. The molecule has 0 spiro atoms. The molecule has 0 bridgehead atoms. The highest BCUT2D eigenvalue weighted by atomic mass is 32.2. The van der Waals surface area contributed by atoms with E-state index in [4.69, 9.17) is 0 Å². The van der Waals surface area contributed by atoms with E-state index in [-0.39, 0.29) is 5.95 Å². The number of hydrogen-bond acceptors (Lipinski definition) is 4. The molecule has 0 aliphatic carbocycles. The normalized spacial score (nSPS) is 11.6. The summed E-state index contributed by atoms with van der Waals surface area (Å²) in [6, 6.07) is 0.869. The van der Waals surface area contributed by atoms with Crippen LogP contribution in [0.5, 0.6) is 0 Å². The number of rotatable bonds is 8. The van der Waals surface area contributed by atoms with Gasteiger partial charge >= 0.3 is 6.18 Å². The molecule has 1 N–H and O–H groups in total. The van der Waals surface area contributed by atoms with Crippen LogP contribution >= 0.6 is 11.8 Å². The van der Waals surface area contributed by atoms with E-state index >= 15 is 0 Å². The maximum Gasteiger partial charge on any atom is 0.433 e. The van der Waals surface area contributed by atoms with Gasteiger partial charge in [0.2, 0.25) is 5.95 Å². The smallest absolute Gasteiger partial charge is 0.354 e. The van der Waals surface area contributed by atoms with E-state index in [2.05, 4.69) is 21.5 Å². The summed E-state index contributed by atoms with van der Waals surface area (Å²) in [5.41, 5.74) is -0.912. The SMILES string of the molecule is CSCCCCCCNc1nccc(C(F)(F)F)n1. The number of unbranched alkanes of at least 4 members (excludes halogenated alkanes) is 3. The predicted molar refractivity (Wildman–Crippen MR) is 72.4 cm³/mol. The number of anilines is 1. The second kappa shape index (κ2) is 8.24. The van der Waals surface area contributed by atoms with E-state index in [0.717, 1.165) is 37.3 Å². The number of alkyl halides is 3. The van der Waals surface area contributed by atoms with Gasteiger partial charge in [-0.25, -0.2) is 9.97 Å². The third-order valence-corrected chi connectivity index (χ3v) is 3.20. The van der Waals surface area contributed by atoms with Crippen LogP contribution in [-0.4, -0.2) is 28.5 Å². The van der Waals surface area contributed by atoms with Crippen molar-refractivity contribution in [2.45, 2.75) is 31.9 Å². The first-order chi connectivity index (χ1) is 9.04. The minimum absolute atomic E-state index is 0.0407. The Balaban J connectivity index is 2.26. The van der Waals surface area contributed by atoms with E-state index in [1.54, 1.807) is 0 Å². The summed E-state index contributed by atoms with van der Waals surface area (Å²) in [6.07, 6.45) is 3.08. The lowest BCUT2D eigenvalue weighted by atomic mass is 10.2. The first-order valence-corrected chi connectivity index (χ1v) is 7.56. The molecule has 108 valence electrons. The van der Waals surface area contributed by atoms with Gasteiger partial charge in [0.25, 0.3) is 0 Å². The van der Waals surface area contributed by atoms with Crippen molar-refractivity contribution in [1.29, 1.82) is 0 Å². The van der Waals surface area contributed by atoms with Crippen LogP contribution in [-0.2, 0) is 6.18 Å². The summed E-state index contributed by atoms with van der Waals surface area (Å²) in [7, 11) is 0. The fourth-order valence-electron chi connectivity index (χ4n) is 1.53. The van der Waals surface area contributed by atoms with E-state index in [9.17, 15) is 13.2 Å². The van der Waals surface area contributed by atoms with Crippen LogP contribution in [0.15, 0.2) is 12.3 Å². The molecule has 0 aliphatic heterocycles. The van der Waals surface area contributed by atoms with Crippen LogP contribution in [0, 0.1) is 0 Å². The molecule has 1 rings (SSSR count). The van der Waals surface area contributed by atoms with E-state index < -0.39 is 11.9 Å². The Bertz CT molecular complexity index is 371. The van der Waals surface area contributed by atoms with Gasteiger partial charge in [-0.15, -0.1) is 0 Å². The standard InChI is InChI=1S/C12H18F3N3S/c1-19-9-5-3-2-4-7-16-11-17-8-6-10(18-11)12(13,14)15/h6,8H,2-5,7,9H2,1H3,(H,16,17,18). The summed E-state index contributed by atoms with van der Waals surface area (Å²) in [5, 5.41) is 2.82. The lowest BCUT2D eigenvalue weighted by Gasteiger charge is -2.08. The van der Waals surface area contributed by atoms with E-state index in [0.29, 0.717) is 6.54 Å². The number of thioether (sulfide) groups is 1. The van der Waals surface area contributed by atoms with Crippen molar-refractivity contribution >= 4 is 17.7 Å². The molecule has 0 aliphatic rings. The van der Waals surface area contributed by atoms with Gasteiger partial charge in [-0.1, -0.05) is 12.8 Å². The van der Waals surface area contributed by atoms with Gasteiger partial charge < -0.3 is 5.32 Å². The van der Waals surface area contributed by atoms with Gasteiger partial charge in [0.15, 0.2) is 0 Å². The van der Waals surface area contributed by atoms with Crippen LogP contribution in [0.3, 0.4) is 0 Å². The lowest BCUT2D eigenvalue weighted by molar-refractivity contribution is -0.141. The van der Waals surface area contributed by atoms with Crippen LogP contribution in [0.4, 0.5) is 19.1 Å². The van der Waals surface area contributed by atoms with Crippen molar-refractivity contribution in [2.24, 2.45) is 0 Å². The summed E-state index contributed by atoms with van der Waals surface area (Å²) >= 11 is 1.82. The fraction of sp³-hybridized carbons (Fsp3) is 0.667. The van der Waals surface area contributed by atoms with Crippen molar-refractivity contribution in [3.05, 3.63) is 18.0 Å². The first kappa shape index (κ1) is 16.1. The third-order valence-electron chi connectivity index (χ3n) is 2.50. The topological polar surface area (TPSA) is 37.8 Å². The molecule has 1 aromatic rings. The molecule has 0 saturated carbocycles. The number of nitrogens with zero attached hydrogens (tertiary/aromatic N) is 2. The highest BCUT2D eigenvalue weighted by molar-refractivity contribution is 7.98. The Hall–Kier alpha value is -0.980. The summed E-state index contributed by atoms with van der Waals surface area (Å²) in [4.78, 5) is 7.22. The highest BCUT2D eigenvalue weighted by Crippen LogP contribution is 2.27. The minimum atomic E-state index is -4.42. The number of halogens is 3. The van der Waals surface area contributed by atoms with Crippen LogP contribution in [0.2, 0.25) is 0 Å². The molecule has 0 atom stereocenters. The molecule has 0 fully saturated rings. The van der Waals surface area contributed by atoms with Crippen molar-refractivity contribution in [2.75, 3.05) is 23.9 Å². The Morgan fingerprint density at radius 3 is 2.63 bits per heavy atom. The van der Waals surface area contributed by atoms with Crippen LogP contribution < -0.4 is 5.32 Å². The quantitative estimate of drug-likeness (QED) is 0.739. The molecule has 3 nitrogen and oxygen atoms in total. The molecular weight excluding hydrogens is 275 g/mol. The largest absolute Gasteiger partial charge is 0.433 e. The second-order valence-electron chi connectivity index (χ2n) is 4.10. The van der Waals surface area contributed by atoms with Crippen LogP contribution in [0.25, 0.3) is 0 Å². The molecular formula is C12H18F3N3S.